The molecule has 0 aliphatic carbocycles. The zero-order chi connectivity index (χ0) is 33.3. The molecule has 0 bridgehead atoms. The van der Waals surface area contributed by atoms with Crippen LogP contribution in [0.15, 0.2) is 194 Å². The summed E-state index contributed by atoms with van der Waals surface area (Å²) in [5.41, 5.74) is 19.4. The van der Waals surface area contributed by atoms with Crippen molar-refractivity contribution in [3.8, 4) is 66.8 Å². The largest absolute Gasteiger partial charge is 0.355 e. The van der Waals surface area contributed by atoms with E-state index >= 15 is 0 Å². The van der Waals surface area contributed by atoms with E-state index in [-0.39, 0.29) is 0 Å². The lowest BCUT2D eigenvalue weighted by Gasteiger charge is -2.23. The van der Waals surface area contributed by atoms with Crippen LogP contribution in [0.1, 0.15) is 0 Å². The predicted molar refractivity (Wildman–Crippen MR) is 215 cm³/mol. The first-order valence-electron chi connectivity index (χ1n) is 17.3. The van der Waals surface area contributed by atoms with Gasteiger partial charge in [-0.3, -0.25) is 0 Å². The molecule has 50 heavy (non-hydrogen) atoms. The van der Waals surface area contributed by atoms with Gasteiger partial charge in [-0.05, 0) is 79.9 Å². The van der Waals surface area contributed by atoms with E-state index in [1.54, 1.807) is 0 Å². The Morgan fingerprint density at radius 3 is 1.20 bits per heavy atom. The van der Waals surface area contributed by atoms with E-state index in [1.807, 2.05) is 0 Å². The van der Waals surface area contributed by atoms with E-state index in [1.165, 1.54) is 77.7 Å². The van der Waals surface area contributed by atoms with E-state index in [2.05, 4.69) is 199 Å². The average molecular weight is 636 g/mol. The molecule has 0 atom stereocenters. The van der Waals surface area contributed by atoms with Gasteiger partial charge < -0.3 is 5.32 Å². The Morgan fingerprint density at radius 1 is 0.260 bits per heavy atom. The average Bonchev–Trinajstić information content (AvgIpc) is 3.19. The van der Waals surface area contributed by atoms with Crippen LogP contribution >= 0.6 is 0 Å². The maximum absolute atomic E-state index is 3.92. The molecule has 0 radical (unpaired) electrons. The fraction of sp³-hybridized carbons (Fsp3) is 0. The van der Waals surface area contributed by atoms with Crippen LogP contribution in [0.4, 0.5) is 11.4 Å². The maximum Gasteiger partial charge on any atom is 0.193 e. The summed E-state index contributed by atoms with van der Waals surface area (Å²) in [6, 6.07) is 70.5. The van der Waals surface area contributed by atoms with Crippen LogP contribution in [0, 0.1) is 0 Å². The second kappa shape index (κ2) is 12.9. The first kappa shape index (κ1) is 29.7. The molecule has 0 saturated carbocycles. The number of hydrogen-bond donors (Lipinski definition) is 1. The summed E-state index contributed by atoms with van der Waals surface area (Å²) < 4.78 is 0. The number of benzene rings is 8. The first-order chi connectivity index (χ1) is 24.8. The molecule has 1 N–H and O–H groups in total. The van der Waals surface area contributed by atoms with Crippen molar-refractivity contribution in [1.82, 2.24) is 0 Å². The lowest BCUT2D eigenvalue weighted by atomic mass is 9.59. The number of anilines is 2. The Labute approximate surface area is 294 Å². The van der Waals surface area contributed by atoms with Gasteiger partial charge >= 0.3 is 0 Å². The van der Waals surface area contributed by atoms with Gasteiger partial charge in [0, 0.05) is 22.5 Å². The minimum atomic E-state index is 0.811. The Kier molecular flexibility index (Phi) is 7.68. The van der Waals surface area contributed by atoms with Crippen molar-refractivity contribution < 1.29 is 0 Å². The standard InChI is InChI=1S/C48H34BN/c1-4-12-33(13-5-1)36-20-22-37(23-21-36)40-24-27-42-44-31-39(35-16-8-3-9-17-35)26-29-48(44)50-47-28-25-38(34-14-6-2-7-15-34)30-43(47)41-18-10-11-19-45(41)49-46(42)32-40/h1-32,49-50H. The van der Waals surface area contributed by atoms with Gasteiger partial charge in [0.2, 0.25) is 0 Å². The van der Waals surface area contributed by atoms with Gasteiger partial charge in [-0.1, -0.05) is 181 Å². The molecule has 8 aromatic rings. The quantitative estimate of drug-likeness (QED) is 0.190. The van der Waals surface area contributed by atoms with Crippen molar-refractivity contribution in [3.05, 3.63) is 194 Å². The van der Waals surface area contributed by atoms with E-state index in [0.717, 1.165) is 18.7 Å². The molecule has 8 aromatic carbocycles. The monoisotopic (exact) mass is 635 g/mol. The third kappa shape index (κ3) is 5.72. The topological polar surface area (TPSA) is 12.0 Å². The fourth-order valence-electron chi connectivity index (χ4n) is 7.33. The van der Waals surface area contributed by atoms with Crippen molar-refractivity contribution >= 4 is 29.6 Å². The third-order valence-electron chi connectivity index (χ3n) is 9.93. The van der Waals surface area contributed by atoms with E-state index in [9.17, 15) is 0 Å². The van der Waals surface area contributed by atoms with Gasteiger partial charge in [0.15, 0.2) is 7.28 Å². The molecule has 1 nitrogen and oxygen atoms in total. The minimum absolute atomic E-state index is 0.811. The van der Waals surface area contributed by atoms with Crippen LogP contribution in [0.3, 0.4) is 0 Å². The van der Waals surface area contributed by atoms with Gasteiger partial charge in [0.25, 0.3) is 0 Å². The summed E-state index contributed by atoms with van der Waals surface area (Å²) >= 11 is 0. The fourth-order valence-corrected chi connectivity index (χ4v) is 7.33. The molecule has 1 aliphatic heterocycles. The summed E-state index contributed by atoms with van der Waals surface area (Å²) in [5.74, 6) is 0. The smallest absolute Gasteiger partial charge is 0.193 e. The van der Waals surface area contributed by atoms with E-state index < -0.39 is 0 Å². The molecule has 0 unspecified atom stereocenters. The van der Waals surface area contributed by atoms with Crippen LogP contribution in [0.5, 0.6) is 0 Å². The molecule has 0 fully saturated rings. The molecule has 1 heterocycles. The molecule has 0 saturated heterocycles. The van der Waals surface area contributed by atoms with Gasteiger partial charge in [0.1, 0.15) is 0 Å². The highest BCUT2D eigenvalue weighted by molar-refractivity contribution is 6.70. The van der Waals surface area contributed by atoms with Crippen LogP contribution in [-0.2, 0) is 0 Å². The summed E-state index contributed by atoms with van der Waals surface area (Å²) in [6.07, 6.45) is 0. The summed E-state index contributed by atoms with van der Waals surface area (Å²) in [4.78, 5) is 0. The number of nitrogens with one attached hydrogen (secondary N) is 1. The summed E-state index contributed by atoms with van der Waals surface area (Å²) in [7, 11) is 0.811. The van der Waals surface area contributed by atoms with Crippen LogP contribution in [0.25, 0.3) is 66.8 Å². The molecular formula is C48H34BN. The van der Waals surface area contributed by atoms with E-state index in [4.69, 9.17) is 0 Å². The highest BCUT2D eigenvalue weighted by atomic mass is 14.9. The maximum atomic E-state index is 3.92. The van der Waals surface area contributed by atoms with E-state index in [0.29, 0.717) is 0 Å². The molecule has 234 valence electrons. The zero-order valence-corrected chi connectivity index (χ0v) is 27.7. The highest BCUT2D eigenvalue weighted by Gasteiger charge is 2.20. The van der Waals surface area contributed by atoms with Gasteiger partial charge in [0.05, 0.1) is 0 Å². The van der Waals surface area contributed by atoms with Crippen molar-refractivity contribution in [2.75, 3.05) is 5.32 Å². The highest BCUT2D eigenvalue weighted by Crippen LogP contribution is 2.40. The Morgan fingerprint density at radius 2 is 0.640 bits per heavy atom. The molecule has 0 aromatic heterocycles. The molecular weight excluding hydrogens is 601 g/mol. The first-order valence-corrected chi connectivity index (χ1v) is 17.3. The van der Waals surface area contributed by atoms with Gasteiger partial charge in [-0.2, -0.15) is 0 Å². The predicted octanol–water partition coefficient (Wildman–Crippen LogP) is 11.1. The Balaban J connectivity index is 1.23. The van der Waals surface area contributed by atoms with Crippen LogP contribution in [-0.4, -0.2) is 7.28 Å². The van der Waals surface area contributed by atoms with Crippen molar-refractivity contribution in [2.45, 2.75) is 0 Å². The lowest BCUT2D eigenvalue weighted by Crippen LogP contribution is -2.31. The number of rotatable bonds is 4. The Hall–Kier alpha value is -6.38. The second-order valence-corrected chi connectivity index (χ2v) is 13.0. The van der Waals surface area contributed by atoms with Crippen molar-refractivity contribution in [1.29, 1.82) is 0 Å². The SMILES string of the molecule is B1c2ccccc2-c2cc(-c3ccccc3)ccc2Nc2ccc(-c3ccccc3)cc2-c2ccc(-c3ccc(-c4ccccc4)cc3)cc21. The summed E-state index contributed by atoms with van der Waals surface area (Å²) in [5, 5.41) is 3.92. The molecule has 0 spiro atoms. The molecule has 9 rings (SSSR count). The molecule has 1 aliphatic rings. The molecule has 0 amide bonds. The van der Waals surface area contributed by atoms with Crippen LogP contribution < -0.4 is 16.2 Å². The second-order valence-electron chi connectivity index (χ2n) is 13.0. The van der Waals surface area contributed by atoms with Crippen molar-refractivity contribution in [3.63, 3.8) is 0 Å². The summed E-state index contributed by atoms with van der Waals surface area (Å²) in [6.45, 7) is 0. The lowest BCUT2D eigenvalue weighted by molar-refractivity contribution is 1.51. The van der Waals surface area contributed by atoms with Gasteiger partial charge in [-0.25, -0.2) is 0 Å². The normalized spacial score (nSPS) is 11.5. The van der Waals surface area contributed by atoms with Crippen LogP contribution in [0.2, 0.25) is 0 Å². The molecule has 2 heteroatoms. The number of hydrogen-bond acceptors (Lipinski definition) is 1. The van der Waals surface area contributed by atoms with Crippen molar-refractivity contribution in [2.24, 2.45) is 0 Å². The number of fused-ring (bicyclic) bond motifs is 6. The third-order valence-corrected chi connectivity index (χ3v) is 9.93. The Bertz CT molecular complexity index is 2450. The zero-order valence-electron chi connectivity index (χ0n) is 27.7. The minimum Gasteiger partial charge on any atom is -0.355 e. The van der Waals surface area contributed by atoms with Gasteiger partial charge in [-0.15, -0.1) is 0 Å².